The Hall–Kier alpha value is -3.30. The maximum Gasteiger partial charge on any atom is 0.275 e. The standard InChI is InChI=1S/C19H15ClN4O4S/c20-14-10-13(24(27)28)7-8-15(14)21-18(26)16-11-29-19(22-16)23-17(25)9-6-12-4-2-1-3-5-12/h1-5,7-8,10-11H,6,9H2,(H,21,26)(H,22,23,25). The van der Waals surface area contributed by atoms with Gasteiger partial charge in [0.2, 0.25) is 5.91 Å². The molecule has 1 aromatic heterocycles. The molecule has 1 heterocycles. The van der Waals surface area contributed by atoms with Gasteiger partial charge >= 0.3 is 0 Å². The van der Waals surface area contributed by atoms with Crippen molar-refractivity contribution in [1.82, 2.24) is 4.98 Å². The molecule has 0 bridgehead atoms. The van der Waals surface area contributed by atoms with Crippen molar-refractivity contribution in [2.45, 2.75) is 12.8 Å². The number of hydrogen-bond acceptors (Lipinski definition) is 6. The number of anilines is 2. The van der Waals surface area contributed by atoms with Gasteiger partial charge in [0.05, 0.1) is 15.6 Å². The summed E-state index contributed by atoms with van der Waals surface area (Å²) in [5.74, 6) is -0.740. The molecule has 0 atom stereocenters. The first-order chi connectivity index (χ1) is 13.9. The van der Waals surface area contributed by atoms with E-state index in [0.29, 0.717) is 18.0 Å². The number of rotatable bonds is 7. The Morgan fingerprint density at radius 2 is 1.90 bits per heavy atom. The second-order valence-electron chi connectivity index (χ2n) is 5.95. The number of amides is 2. The van der Waals surface area contributed by atoms with Crippen molar-refractivity contribution in [3.8, 4) is 0 Å². The number of thiazole rings is 1. The SMILES string of the molecule is O=C(CCc1ccccc1)Nc1nc(C(=O)Nc2ccc([N+](=O)[O-])cc2Cl)cs1. The molecule has 2 amide bonds. The molecule has 0 aliphatic rings. The van der Waals surface area contributed by atoms with Crippen LogP contribution >= 0.6 is 22.9 Å². The van der Waals surface area contributed by atoms with Gasteiger partial charge in [-0.05, 0) is 18.1 Å². The van der Waals surface area contributed by atoms with E-state index in [1.54, 1.807) is 0 Å². The lowest BCUT2D eigenvalue weighted by molar-refractivity contribution is -0.384. The summed E-state index contributed by atoms with van der Waals surface area (Å²) in [6.45, 7) is 0. The molecule has 0 aliphatic heterocycles. The smallest absolute Gasteiger partial charge is 0.275 e. The summed E-state index contributed by atoms with van der Waals surface area (Å²) < 4.78 is 0. The Balaban J connectivity index is 1.57. The van der Waals surface area contributed by atoms with E-state index in [1.807, 2.05) is 30.3 Å². The first-order valence-electron chi connectivity index (χ1n) is 8.47. The van der Waals surface area contributed by atoms with Gasteiger partial charge in [-0.3, -0.25) is 19.7 Å². The number of carbonyl (C=O) groups excluding carboxylic acids is 2. The van der Waals surface area contributed by atoms with Crippen molar-refractivity contribution < 1.29 is 14.5 Å². The lowest BCUT2D eigenvalue weighted by Gasteiger charge is -2.05. The first-order valence-corrected chi connectivity index (χ1v) is 9.73. The highest BCUT2D eigenvalue weighted by molar-refractivity contribution is 7.14. The van der Waals surface area contributed by atoms with E-state index in [2.05, 4.69) is 15.6 Å². The van der Waals surface area contributed by atoms with E-state index in [4.69, 9.17) is 11.6 Å². The molecule has 29 heavy (non-hydrogen) atoms. The largest absolute Gasteiger partial charge is 0.319 e. The number of aromatic nitrogens is 1. The number of benzene rings is 2. The van der Waals surface area contributed by atoms with Crippen molar-refractivity contribution in [2.24, 2.45) is 0 Å². The maximum absolute atomic E-state index is 12.3. The molecule has 0 unspecified atom stereocenters. The molecule has 8 nitrogen and oxygen atoms in total. The van der Waals surface area contributed by atoms with E-state index in [0.717, 1.165) is 23.0 Å². The van der Waals surface area contributed by atoms with E-state index in [9.17, 15) is 19.7 Å². The summed E-state index contributed by atoms with van der Waals surface area (Å²) in [5.41, 5.74) is 1.20. The predicted molar refractivity (Wildman–Crippen MR) is 112 cm³/mol. The highest BCUT2D eigenvalue weighted by Crippen LogP contribution is 2.27. The minimum absolute atomic E-state index is 0.0391. The van der Waals surface area contributed by atoms with Crippen LogP contribution < -0.4 is 10.6 Å². The molecule has 0 aliphatic carbocycles. The summed E-state index contributed by atoms with van der Waals surface area (Å²) in [6, 6.07) is 13.4. The van der Waals surface area contributed by atoms with Crippen molar-refractivity contribution in [3.63, 3.8) is 0 Å². The van der Waals surface area contributed by atoms with Gasteiger partial charge in [-0.1, -0.05) is 41.9 Å². The topological polar surface area (TPSA) is 114 Å². The summed E-state index contributed by atoms with van der Waals surface area (Å²) >= 11 is 7.09. The van der Waals surface area contributed by atoms with E-state index >= 15 is 0 Å². The number of nitrogens with zero attached hydrogens (tertiary/aromatic N) is 2. The molecule has 3 rings (SSSR count). The Kier molecular flexibility index (Phi) is 6.53. The van der Waals surface area contributed by atoms with Crippen LogP contribution in [0, 0.1) is 10.1 Å². The average molecular weight is 431 g/mol. The zero-order valence-electron chi connectivity index (χ0n) is 14.9. The van der Waals surface area contributed by atoms with Gasteiger partial charge < -0.3 is 10.6 Å². The molecule has 148 valence electrons. The van der Waals surface area contributed by atoms with E-state index in [1.165, 1.54) is 17.5 Å². The zero-order valence-corrected chi connectivity index (χ0v) is 16.5. The van der Waals surface area contributed by atoms with Crippen molar-refractivity contribution in [3.05, 3.63) is 80.3 Å². The Labute approximate surface area is 174 Å². The number of nitro groups is 1. The zero-order chi connectivity index (χ0) is 20.8. The summed E-state index contributed by atoms with van der Waals surface area (Å²) in [7, 11) is 0. The number of halogens is 1. The molecule has 0 saturated carbocycles. The van der Waals surface area contributed by atoms with Crippen molar-refractivity contribution >= 4 is 51.3 Å². The average Bonchev–Trinajstić information content (AvgIpc) is 3.17. The highest BCUT2D eigenvalue weighted by Gasteiger charge is 2.16. The third-order valence-corrected chi connectivity index (χ3v) is 4.95. The molecule has 2 aromatic carbocycles. The Morgan fingerprint density at radius 1 is 1.14 bits per heavy atom. The number of nitrogens with one attached hydrogen (secondary N) is 2. The predicted octanol–water partition coefficient (Wildman–Crippen LogP) is 4.53. The molecule has 0 fully saturated rings. The van der Waals surface area contributed by atoms with Crippen molar-refractivity contribution in [1.29, 1.82) is 0 Å². The lowest BCUT2D eigenvalue weighted by Crippen LogP contribution is -2.14. The first kappa shape index (κ1) is 20.4. The van der Waals surface area contributed by atoms with Gasteiger partial charge in [0.1, 0.15) is 5.69 Å². The van der Waals surface area contributed by atoms with Crippen LogP contribution in [0.3, 0.4) is 0 Å². The summed E-state index contributed by atoms with van der Waals surface area (Å²) in [5, 5.41) is 17.8. The second kappa shape index (κ2) is 9.26. The number of aryl methyl sites for hydroxylation is 1. The van der Waals surface area contributed by atoms with Gasteiger partial charge in [0.25, 0.3) is 11.6 Å². The number of nitro benzene ring substituents is 1. The highest BCUT2D eigenvalue weighted by atomic mass is 35.5. The third kappa shape index (κ3) is 5.59. The molecule has 10 heteroatoms. The van der Waals surface area contributed by atoms with Crippen LogP contribution in [-0.4, -0.2) is 21.7 Å². The molecule has 3 aromatic rings. The molecule has 0 saturated heterocycles. The van der Waals surface area contributed by atoms with Crippen LogP contribution in [0.2, 0.25) is 5.02 Å². The van der Waals surface area contributed by atoms with Gasteiger partial charge in [-0.2, -0.15) is 0 Å². The van der Waals surface area contributed by atoms with Crippen LogP contribution in [0.15, 0.2) is 53.9 Å². The molecule has 0 radical (unpaired) electrons. The monoisotopic (exact) mass is 430 g/mol. The van der Waals surface area contributed by atoms with Crippen molar-refractivity contribution in [2.75, 3.05) is 10.6 Å². The fraction of sp³-hybridized carbons (Fsp3) is 0.105. The number of non-ortho nitro benzene ring substituents is 1. The van der Waals surface area contributed by atoms with Gasteiger partial charge in [-0.25, -0.2) is 4.98 Å². The van der Waals surface area contributed by atoms with Crippen LogP contribution in [0.5, 0.6) is 0 Å². The van der Waals surface area contributed by atoms with E-state index < -0.39 is 10.8 Å². The van der Waals surface area contributed by atoms with Gasteiger partial charge in [-0.15, -0.1) is 11.3 Å². The van der Waals surface area contributed by atoms with Crippen LogP contribution in [-0.2, 0) is 11.2 Å². The fourth-order valence-electron chi connectivity index (χ4n) is 2.43. The minimum Gasteiger partial charge on any atom is -0.319 e. The third-order valence-electron chi connectivity index (χ3n) is 3.88. The van der Waals surface area contributed by atoms with Gasteiger partial charge in [0, 0.05) is 23.9 Å². The Bertz CT molecular complexity index is 1060. The van der Waals surface area contributed by atoms with E-state index in [-0.39, 0.29) is 28.0 Å². The quantitative estimate of drug-likeness (QED) is 0.422. The molecular formula is C19H15ClN4O4S. The number of carbonyl (C=O) groups is 2. The summed E-state index contributed by atoms with van der Waals surface area (Å²) in [6.07, 6.45) is 0.896. The normalized spacial score (nSPS) is 10.4. The molecule has 2 N–H and O–H groups in total. The summed E-state index contributed by atoms with van der Waals surface area (Å²) in [4.78, 5) is 38.7. The van der Waals surface area contributed by atoms with Crippen LogP contribution in [0.1, 0.15) is 22.5 Å². The Morgan fingerprint density at radius 3 is 2.59 bits per heavy atom. The molecule has 0 spiro atoms. The molecular weight excluding hydrogens is 416 g/mol. The van der Waals surface area contributed by atoms with Crippen LogP contribution in [0.25, 0.3) is 0 Å². The maximum atomic E-state index is 12.3. The number of hydrogen-bond donors (Lipinski definition) is 2. The fourth-order valence-corrected chi connectivity index (χ4v) is 3.35. The lowest BCUT2D eigenvalue weighted by atomic mass is 10.1. The minimum atomic E-state index is -0.579. The second-order valence-corrected chi connectivity index (χ2v) is 7.21. The van der Waals surface area contributed by atoms with Crippen LogP contribution in [0.4, 0.5) is 16.5 Å². The van der Waals surface area contributed by atoms with Gasteiger partial charge in [0.15, 0.2) is 5.13 Å².